The number of carboxylic acid groups (broad SMARTS) is 1. The third kappa shape index (κ3) is 3.60. The molecule has 3 rings (SSSR count). The van der Waals surface area contributed by atoms with E-state index in [1.165, 1.54) is 23.9 Å². The van der Waals surface area contributed by atoms with Gasteiger partial charge in [-0.25, -0.2) is 4.79 Å². The molecule has 0 bridgehead atoms. The fourth-order valence-corrected chi connectivity index (χ4v) is 3.38. The smallest absolute Gasteiger partial charge is 0.335 e. The van der Waals surface area contributed by atoms with Crippen molar-refractivity contribution in [3.05, 3.63) is 52.6 Å². The van der Waals surface area contributed by atoms with Crippen LogP contribution < -0.4 is 0 Å². The third-order valence-corrected chi connectivity index (χ3v) is 4.82. The lowest BCUT2D eigenvalue weighted by Crippen LogP contribution is -2.09. The maximum Gasteiger partial charge on any atom is 0.335 e. The van der Waals surface area contributed by atoms with Gasteiger partial charge in [0.05, 0.1) is 14.7 Å². The Balaban J connectivity index is 1.84. The summed E-state index contributed by atoms with van der Waals surface area (Å²) in [5.41, 5.74) is 0.998. The van der Waals surface area contributed by atoms with Crippen LogP contribution >= 0.6 is 24.0 Å². The Morgan fingerprint density at radius 1 is 1.17 bits per heavy atom. The van der Waals surface area contributed by atoms with Crippen LogP contribution in [0.15, 0.2) is 45.7 Å². The van der Waals surface area contributed by atoms with E-state index in [1.807, 2.05) is 0 Å². The zero-order chi connectivity index (χ0) is 16.4. The van der Waals surface area contributed by atoms with Crippen molar-refractivity contribution in [2.24, 2.45) is 0 Å². The fraction of sp³-hybridized carbons (Fsp3) is 0.118. The number of aromatic carboxylic acids is 1. The summed E-state index contributed by atoms with van der Waals surface area (Å²) in [7, 11) is 0. The molecule has 1 aromatic heterocycles. The lowest BCUT2D eigenvalue weighted by molar-refractivity contribution is -0.114. The molecule has 2 aromatic rings. The molecule has 1 aromatic carbocycles. The number of carbonyl (C=O) groups excluding carboxylic acids is 1. The van der Waals surface area contributed by atoms with Gasteiger partial charge in [0, 0.05) is 12.0 Å². The first-order valence-corrected chi connectivity index (χ1v) is 8.14. The Morgan fingerprint density at radius 2 is 1.91 bits per heavy atom. The van der Waals surface area contributed by atoms with Gasteiger partial charge in [-0.1, -0.05) is 36.1 Å². The highest BCUT2D eigenvalue weighted by atomic mass is 32.2. The number of hydrogen-bond donors (Lipinski definition) is 1. The molecule has 1 aliphatic heterocycles. The van der Waals surface area contributed by atoms with Gasteiger partial charge in [-0.2, -0.15) is 0 Å². The highest BCUT2D eigenvalue weighted by Crippen LogP contribution is 2.32. The van der Waals surface area contributed by atoms with Crippen LogP contribution in [0.2, 0.25) is 0 Å². The molecule has 116 valence electrons. The highest BCUT2D eigenvalue weighted by Gasteiger charge is 2.20. The molecule has 23 heavy (non-hydrogen) atoms. The first kappa shape index (κ1) is 15.7. The molecule has 0 aliphatic carbocycles. The van der Waals surface area contributed by atoms with Gasteiger partial charge in [0.15, 0.2) is 5.78 Å². The van der Waals surface area contributed by atoms with Crippen LogP contribution in [0, 0.1) is 0 Å². The van der Waals surface area contributed by atoms with E-state index in [2.05, 4.69) is 0 Å². The highest BCUT2D eigenvalue weighted by molar-refractivity contribution is 8.26. The van der Waals surface area contributed by atoms with Crippen molar-refractivity contribution in [1.82, 2.24) is 0 Å². The molecule has 0 amide bonds. The van der Waals surface area contributed by atoms with E-state index in [4.69, 9.17) is 21.7 Å². The number of thioether (sulfide) groups is 1. The molecule has 1 N–H and O–H groups in total. The van der Waals surface area contributed by atoms with Crippen molar-refractivity contribution >= 4 is 46.0 Å². The number of hydrogen-bond acceptors (Lipinski definition) is 5. The van der Waals surface area contributed by atoms with E-state index in [0.29, 0.717) is 29.3 Å². The van der Waals surface area contributed by atoms with Gasteiger partial charge in [-0.05, 0) is 36.8 Å². The zero-order valence-corrected chi connectivity index (χ0v) is 13.6. The number of carboxylic acids is 1. The predicted molar refractivity (Wildman–Crippen MR) is 93.5 cm³/mol. The molecule has 6 heteroatoms. The molecule has 4 nitrogen and oxygen atoms in total. The summed E-state index contributed by atoms with van der Waals surface area (Å²) in [5, 5.41) is 8.90. The summed E-state index contributed by atoms with van der Waals surface area (Å²) in [6, 6.07) is 10.00. The molecular weight excluding hydrogens is 332 g/mol. The Labute approximate surface area is 142 Å². The van der Waals surface area contributed by atoms with Crippen LogP contribution in [0.3, 0.4) is 0 Å². The van der Waals surface area contributed by atoms with Gasteiger partial charge in [-0.3, -0.25) is 4.79 Å². The summed E-state index contributed by atoms with van der Waals surface area (Å²) in [6.45, 7) is 0. The first-order chi connectivity index (χ1) is 11.0. The SMILES string of the molecule is O=C1CCC(=S)S/C1=C/c1ccc(-c2ccc(C(=O)O)cc2)o1. The lowest BCUT2D eigenvalue weighted by atomic mass is 10.1. The van der Waals surface area contributed by atoms with E-state index in [-0.39, 0.29) is 11.3 Å². The second-order valence-corrected chi connectivity index (χ2v) is 6.88. The van der Waals surface area contributed by atoms with Gasteiger partial charge in [-0.15, -0.1) is 0 Å². The summed E-state index contributed by atoms with van der Waals surface area (Å²) in [5.74, 6) is 0.296. The van der Waals surface area contributed by atoms with Crippen LogP contribution in [-0.4, -0.2) is 21.1 Å². The summed E-state index contributed by atoms with van der Waals surface area (Å²) in [4.78, 5) is 23.3. The normalized spacial score (nSPS) is 16.8. The average molecular weight is 344 g/mol. The fourth-order valence-electron chi connectivity index (χ4n) is 2.17. The summed E-state index contributed by atoms with van der Waals surface area (Å²) in [6.07, 6.45) is 2.80. The molecule has 0 unspecified atom stereocenters. The Morgan fingerprint density at radius 3 is 2.61 bits per heavy atom. The number of Topliss-reactive ketones (excluding diaryl/α,β-unsaturated/α-hetero) is 1. The van der Waals surface area contributed by atoms with Crippen molar-refractivity contribution in [3.63, 3.8) is 0 Å². The Kier molecular flexibility index (Phi) is 4.45. The number of furan rings is 1. The first-order valence-electron chi connectivity index (χ1n) is 6.92. The molecule has 1 aliphatic rings. The van der Waals surface area contributed by atoms with E-state index in [0.717, 1.165) is 9.76 Å². The minimum atomic E-state index is -0.967. The lowest BCUT2D eigenvalue weighted by Gasteiger charge is -2.12. The quantitative estimate of drug-likeness (QED) is 0.657. The topological polar surface area (TPSA) is 67.5 Å². The standard InChI is InChI=1S/C17H12O4S2/c18-13-6-8-16(22)23-15(13)9-12-5-7-14(21-12)10-1-3-11(4-2-10)17(19)20/h1-5,7,9H,6,8H2,(H,19,20)/b15-9+. The number of thiocarbonyl (C=S) groups is 1. The number of benzene rings is 1. The van der Waals surface area contributed by atoms with Gasteiger partial charge in [0.1, 0.15) is 11.5 Å². The maximum atomic E-state index is 11.9. The van der Waals surface area contributed by atoms with Gasteiger partial charge in [0.25, 0.3) is 0 Å². The van der Waals surface area contributed by atoms with E-state index in [1.54, 1.807) is 30.3 Å². The van der Waals surface area contributed by atoms with Crippen LogP contribution in [0.1, 0.15) is 29.0 Å². The van der Waals surface area contributed by atoms with Gasteiger partial charge >= 0.3 is 5.97 Å². The summed E-state index contributed by atoms with van der Waals surface area (Å²) >= 11 is 6.48. The Hall–Kier alpha value is -2.18. The molecule has 0 saturated carbocycles. The Bertz CT molecular complexity index is 815. The third-order valence-electron chi connectivity index (χ3n) is 3.37. The van der Waals surface area contributed by atoms with Crippen LogP contribution in [0.5, 0.6) is 0 Å². The second-order valence-electron chi connectivity index (χ2n) is 4.99. The molecule has 0 radical (unpaired) electrons. The molecule has 2 heterocycles. The van der Waals surface area contributed by atoms with Crippen molar-refractivity contribution < 1.29 is 19.1 Å². The molecule has 0 atom stereocenters. The van der Waals surface area contributed by atoms with Crippen molar-refractivity contribution in [2.75, 3.05) is 0 Å². The molecular formula is C17H12O4S2. The van der Waals surface area contributed by atoms with E-state index in [9.17, 15) is 9.59 Å². The van der Waals surface area contributed by atoms with Crippen LogP contribution in [0.4, 0.5) is 0 Å². The monoisotopic (exact) mass is 344 g/mol. The number of rotatable bonds is 3. The average Bonchev–Trinajstić information content (AvgIpc) is 2.99. The number of carbonyl (C=O) groups is 2. The minimum Gasteiger partial charge on any atom is -0.478 e. The van der Waals surface area contributed by atoms with E-state index < -0.39 is 5.97 Å². The van der Waals surface area contributed by atoms with Crippen molar-refractivity contribution in [3.8, 4) is 11.3 Å². The maximum absolute atomic E-state index is 11.9. The second kappa shape index (κ2) is 6.52. The van der Waals surface area contributed by atoms with Crippen LogP contribution in [0.25, 0.3) is 17.4 Å². The molecule has 1 saturated heterocycles. The number of ketones is 1. The molecule has 1 fully saturated rings. The minimum absolute atomic E-state index is 0.0763. The van der Waals surface area contributed by atoms with Crippen molar-refractivity contribution in [2.45, 2.75) is 12.8 Å². The van der Waals surface area contributed by atoms with E-state index >= 15 is 0 Å². The van der Waals surface area contributed by atoms with Crippen LogP contribution in [-0.2, 0) is 4.79 Å². The van der Waals surface area contributed by atoms with Gasteiger partial charge < -0.3 is 9.52 Å². The largest absolute Gasteiger partial charge is 0.478 e. The molecule has 0 spiro atoms. The summed E-state index contributed by atoms with van der Waals surface area (Å²) < 4.78 is 6.54. The van der Waals surface area contributed by atoms with Crippen molar-refractivity contribution in [1.29, 1.82) is 0 Å². The number of allylic oxidation sites excluding steroid dienone is 1. The zero-order valence-electron chi connectivity index (χ0n) is 11.9. The van der Waals surface area contributed by atoms with Gasteiger partial charge in [0.2, 0.25) is 0 Å². The predicted octanol–water partition coefficient (Wildman–Crippen LogP) is 4.41.